The molecule has 72 valence electrons. The van der Waals surface area contributed by atoms with E-state index in [9.17, 15) is 22.0 Å². The lowest BCUT2D eigenvalue weighted by Crippen LogP contribution is -1.33. The van der Waals surface area contributed by atoms with Gasteiger partial charge in [0.1, 0.15) is 12.7 Å². The molecule has 12 heavy (non-hydrogen) atoms. The minimum absolute atomic E-state index is 0.167. The van der Waals surface area contributed by atoms with Crippen molar-refractivity contribution in [1.29, 1.82) is 0 Å². The van der Waals surface area contributed by atoms with Crippen LogP contribution in [-0.4, -0.2) is 0 Å². The molecule has 0 heterocycles. The average molecular weight is 209 g/mol. The van der Waals surface area contributed by atoms with E-state index >= 15 is 0 Å². The normalized spacial score (nSPS) is 8.50. The Morgan fingerprint density at radius 1 is 1.00 bits per heavy atom. The summed E-state index contributed by atoms with van der Waals surface area (Å²) in [4.78, 5) is 0. The van der Waals surface area contributed by atoms with Crippen molar-refractivity contribution in [3.63, 3.8) is 0 Å². The van der Waals surface area contributed by atoms with Crippen LogP contribution >= 0.6 is 11.6 Å². The fourth-order valence-electron chi connectivity index (χ4n) is 0. The molecule has 0 aromatic heterocycles. The minimum Gasteiger partial charge on any atom is -0.215 e. The van der Waals surface area contributed by atoms with Crippen LogP contribution in [0.4, 0.5) is 22.0 Å². The van der Waals surface area contributed by atoms with Gasteiger partial charge < -0.3 is 0 Å². The van der Waals surface area contributed by atoms with Gasteiger partial charge in [0.25, 0.3) is 6.08 Å². The largest absolute Gasteiger partial charge is 0.263 e. The lowest BCUT2D eigenvalue weighted by molar-refractivity contribution is 0.426. The lowest BCUT2D eigenvalue weighted by Gasteiger charge is -1.54. The van der Waals surface area contributed by atoms with Gasteiger partial charge in [-0.05, 0) is 6.58 Å². The molecule has 0 rings (SSSR count). The molecule has 0 aliphatic carbocycles. The van der Waals surface area contributed by atoms with Gasteiger partial charge >= 0.3 is 0 Å². The summed E-state index contributed by atoms with van der Waals surface area (Å²) in [7, 11) is 0. The molecule has 0 saturated carbocycles. The standard InChI is InChI=1S/C2H2ClF.2C2H2F2/c3-1-2-4;1-2(3)4;3-1-2-4/h1-2H;1H2;1-2H. The highest BCUT2D eigenvalue weighted by atomic mass is 35.5. The van der Waals surface area contributed by atoms with Gasteiger partial charge in [0.2, 0.25) is 0 Å². The van der Waals surface area contributed by atoms with Crippen molar-refractivity contribution in [2.24, 2.45) is 0 Å². The number of rotatable bonds is 0. The maximum Gasteiger partial charge on any atom is 0.263 e. The van der Waals surface area contributed by atoms with E-state index in [0.717, 1.165) is 5.54 Å². The molecule has 0 bridgehead atoms. The van der Waals surface area contributed by atoms with Gasteiger partial charge in [0, 0.05) is 5.54 Å². The highest BCUT2D eigenvalue weighted by Gasteiger charge is 1.65. The van der Waals surface area contributed by atoms with Crippen molar-refractivity contribution in [3.05, 3.63) is 37.2 Å². The van der Waals surface area contributed by atoms with Crippen molar-refractivity contribution in [2.75, 3.05) is 0 Å². The zero-order valence-electron chi connectivity index (χ0n) is 5.78. The molecular formula is C6H6ClF5. The summed E-state index contributed by atoms with van der Waals surface area (Å²) in [5.74, 6) is 0. The van der Waals surface area contributed by atoms with E-state index in [1.54, 1.807) is 0 Å². The molecule has 0 fully saturated rings. The minimum atomic E-state index is -1.83. The molecule has 0 aromatic rings. The van der Waals surface area contributed by atoms with E-state index in [1.165, 1.54) is 0 Å². The van der Waals surface area contributed by atoms with Crippen LogP contribution in [0.1, 0.15) is 0 Å². The highest BCUT2D eigenvalue weighted by molar-refractivity contribution is 6.25. The molecular weight excluding hydrogens is 203 g/mol. The van der Waals surface area contributed by atoms with Crippen LogP contribution in [0.15, 0.2) is 37.2 Å². The van der Waals surface area contributed by atoms with Crippen molar-refractivity contribution in [3.8, 4) is 0 Å². The van der Waals surface area contributed by atoms with Gasteiger partial charge in [0.05, 0.1) is 6.33 Å². The molecule has 0 aliphatic heterocycles. The van der Waals surface area contributed by atoms with Crippen LogP contribution in [-0.2, 0) is 0 Å². The average Bonchev–Trinajstić information content (AvgIpc) is 2.03. The van der Waals surface area contributed by atoms with Gasteiger partial charge in [-0.1, -0.05) is 11.6 Å². The first-order valence-electron chi connectivity index (χ1n) is 2.27. The zero-order chi connectivity index (χ0) is 10.4. The molecule has 0 atom stereocenters. The molecule has 0 amide bonds. The van der Waals surface area contributed by atoms with E-state index in [4.69, 9.17) is 0 Å². The smallest absolute Gasteiger partial charge is 0.215 e. The van der Waals surface area contributed by atoms with Crippen LogP contribution < -0.4 is 0 Å². The first-order chi connectivity index (χ1) is 5.56. The second-order valence-electron chi connectivity index (χ2n) is 0.843. The first-order valence-corrected chi connectivity index (χ1v) is 2.71. The van der Waals surface area contributed by atoms with Crippen molar-refractivity contribution >= 4 is 11.6 Å². The molecule has 0 spiro atoms. The van der Waals surface area contributed by atoms with Crippen molar-refractivity contribution in [1.82, 2.24) is 0 Å². The third-order valence-corrected chi connectivity index (χ3v) is 0.190. The fourth-order valence-corrected chi connectivity index (χ4v) is 0. The Kier molecular flexibility index (Phi) is 32.4. The van der Waals surface area contributed by atoms with E-state index in [2.05, 4.69) is 18.2 Å². The Bertz CT molecular complexity index is 110. The van der Waals surface area contributed by atoms with Gasteiger partial charge in [-0.2, -0.15) is 8.78 Å². The van der Waals surface area contributed by atoms with Crippen molar-refractivity contribution in [2.45, 2.75) is 0 Å². The van der Waals surface area contributed by atoms with Gasteiger partial charge in [-0.15, -0.1) is 0 Å². The van der Waals surface area contributed by atoms with Crippen LogP contribution in [0.3, 0.4) is 0 Å². The van der Waals surface area contributed by atoms with Crippen LogP contribution in [0, 0.1) is 0 Å². The number of hydrogen-bond acceptors (Lipinski definition) is 0. The molecule has 0 radical (unpaired) electrons. The predicted octanol–water partition coefficient (Wildman–Crippen LogP) is 4.46. The summed E-state index contributed by atoms with van der Waals surface area (Å²) >= 11 is 4.63. The fraction of sp³-hybridized carbons (Fsp3) is 0. The second kappa shape index (κ2) is 22.5. The Morgan fingerprint density at radius 2 is 1.17 bits per heavy atom. The van der Waals surface area contributed by atoms with E-state index < -0.39 is 6.08 Å². The summed E-state index contributed by atoms with van der Waals surface area (Å²) in [5, 5.41) is 0. The molecule has 0 aromatic carbocycles. The van der Waals surface area contributed by atoms with Crippen LogP contribution in [0.25, 0.3) is 0 Å². The molecule has 6 heteroatoms. The molecule has 0 nitrogen and oxygen atoms in total. The maximum absolute atomic E-state index is 10.4. The summed E-state index contributed by atoms with van der Waals surface area (Å²) in [5.41, 5.74) is 0.806. The Balaban J connectivity index is -0.000000101. The summed E-state index contributed by atoms with van der Waals surface area (Å²) in [6.45, 7) is 2.22. The van der Waals surface area contributed by atoms with Gasteiger partial charge in [0.15, 0.2) is 0 Å². The number of halogens is 6. The van der Waals surface area contributed by atoms with Crippen LogP contribution in [0.5, 0.6) is 0 Å². The zero-order valence-corrected chi connectivity index (χ0v) is 6.54. The summed E-state index contributed by atoms with van der Waals surface area (Å²) in [6, 6.07) is 0. The highest BCUT2D eigenvalue weighted by Crippen LogP contribution is 1.85. The molecule has 0 saturated heterocycles. The maximum atomic E-state index is 10.4. The van der Waals surface area contributed by atoms with E-state index in [1.807, 2.05) is 0 Å². The van der Waals surface area contributed by atoms with Gasteiger partial charge in [-0.25, -0.2) is 13.2 Å². The topological polar surface area (TPSA) is 0 Å². The number of hydrogen-bond donors (Lipinski definition) is 0. The molecule has 0 unspecified atom stereocenters. The summed E-state index contributed by atoms with van der Waals surface area (Å²) < 4.78 is 51.0. The second-order valence-corrected chi connectivity index (χ2v) is 1.09. The van der Waals surface area contributed by atoms with Crippen molar-refractivity contribution < 1.29 is 22.0 Å². The Labute approximate surface area is 71.6 Å². The summed E-state index contributed by atoms with van der Waals surface area (Å²) in [6.07, 6.45) is -1.90. The third kappa shape index (κ3) is 453. The quantitative estimate of drug-likeness (QED) is 0.516. The Hall–Kier alpha value is -0.840. The SMILES string of the molecule is C=C(F)F.FC=CCl.FC=CF. The van der Waals surface area contributed by atoms with Crippen LogP contribution in [0.2, 0.25) is 0 Å². The van der Waals surface area contributed by atoms with E-state index in [-0.39, 0.29) is 19.0 Å². The first kappa shape index (κ1) is 17.3. The Morgan fingerprint density at radius 3 is 1.17 bits per heavy atom. The van der Waals surface area contributed by atoms with Gasteiger partial charge in [-0.3, -0.25) is 0 Å². The lowest BCUT2D eigenvalue weighted by atomic mass is 11.2. The molecule has 0 aliphatic rings. The van der Waals surface area contributed by atoms with E-state index in [0.29, 0.717) is 0 Å². The third-order valence-electron chi connectivity index (χ3n) is 0.0952. The predicted molar refractivity (Wildman–Crippen MR) is 38.8 cm³/mol. The monoisotopic (exact) mass is 208 g/mol. The molecule has 0 N–H and O–H groups in total.